The lowest BCUT2D eigenvalue weighted by molar-refractivity contribution is 0.332. The molecule has 5 heteroatoms. The highest BCUT2D eigenvalue weighted by atomic mass is 32.1. The summed E-state index contributed by atoms with van der Waals surface area (Å²) in [7, 11) is 0. The van der Waals surface area contributed by atoms with Crippen molar-refractivity contribution < 1.29 is 0 Å². The van der Waals surface area contributed by atoms with Crippen LogP contribution in [-0.2, 0) is 21.7 Å². The van der Waals surface area contributed by atoms with E-state index in [1.165, 1.54) is 135 Å². The number of aryl methyl sites for hydroxylation is 3. The van der Waals surface area contributed by atoms with Gasteiger partial charge in [-0.3, -0.25) is 0 Å². The number of fused-ring (bicyclic) bond motifs is 9. The molecule has 0 bridgehead atoms. The number of anilines is 9. The lowest BCUT2D eigenvalue weighted by atomic mass is 9.33. The van der Waals surface area contributed by atoms with E-state index in [1.807, 2.05) is 11.3 Å². The molecule has 8 aromatic carbocycles. The van der Waals surface area contributed by atoms with Gasteiger partial charge in [-0.25, -0.2) is 0 Å². The van der Waals surface area contributed by atoms with E-state index in [2.05, 4.69) is 243 Å². The first-order valence-corrected chi connectivity index (χ1v) is 27.3. The minimum atomic E-state index is 0.00399. The monoisotopic (exact) mass is 956 g/mol. The van der Waals surface area contributed by atoms with Gasteiger partial charge in [-0.2, -0.15) is 0 Å². The average molecular weight is 956 g/mol. The van der Waals surface area contributed by atoms with Crippen LogP contribution < -0.4 is 31.1 Å². The third-order valence-electron chi connectivity index (χ3n) is 17.8. The fourth-order valence-electron chi connectivity index (χ4n) is 13.6. The van der Waals surface area contributed by atoms with Crippen LogP contribution in [0, 0.1) is 20.8 Å². The SMILES string of the molecule is Cc1cc2c3c(c1)N(c1c(C)cccc1C)c1cc(N(c4ccccc4)c4ccc5sc6ccccc6c5c4)ccc1B3c1cc3c(cc1N2c1ccc2c(c1)C(C)(C)CCC2(C)C)C(C)(C)CCC3(C)C. The highest BCUT2D eigenvalue weighted by Gasteiger charge is 2.47. The second-order valence-corrected chi connectivity index (χ2v) is 25.6. The first-order valence-electron chi connectivity index (χ1n) is 26.5. The van der Waals surface area contributed by atoms with Crippen molar-refractivity contribution in [1.82, 2.24) is 0 Å². The Balaban J connectivity index is 1.11. The number of benzene rings is 8. The largest absolute Gasteiger partial charge is 0.311 e. The molecule has 2 aliphatic carbocycles. The number of para-hydroxylation sites is 2. The van der Waals surface area contributed by atoms with Gasteiger partial charge in [-0.05, 0) is 202 Å². The molecule has 0 saturated heterocycles. The Kier molecular flexibility index (Phi) is 9.90. The Morgan fingerprint density at radius 2 is 1.00 bits per heavy atom. The van der Waals surface area contributed by atoms with E-state index in [0.29, 0.717) is 0 Å². The Labute approximate surface area is 432 Å². The summed E-state index contributed by atoms with van der Waals surface area (Å²) in [6.07, 6.45) is 4.71. The Bertz CT molecular complexity index is 3700. The van der Waals surface area contributed by atoms with Gasteiger partial charge in [0.15, 0.2) is 0 Å². The van der Waals surface area contributed by atoms with Crippen molar-refractivity contribution in [3.63, 3.8) is 0 Å². The molecule has 0 amide bonds. The van der Waals surface area contributed by atoms with Crippen molar-refractivity contribution in [2.45, 2.75) is 124 Å². The molecule has 9 aromatic rings. The van der Waals surface area contributed by atoms with Crippen molar-refractivity contribution in [3.05, 3.63) is 191 Å². The third kappa shape index (κ3) is 6.75. The molecule has 3 nitrogen and oxygen atoms in total. The number of thiophene rings is 1. The third-order valence-corrected chi connectivity index (χ3v) is 19.0. The molecule has 13 rings (SSSR count). The van der Waals surface area contributed by atoms with Gasteiger partial charge in [-0.1, -0.05) is 128 Å². The second-order valence-electron chi connectivity index (χ2n) is 24.5. The number of nitrogens with zero attached hydrogens (tertiary/aromatic N) is 3. The zero-order valence-corrected chi connectivity index (χ0v) is 44.9. The van der Waals surface area contributed by atoms with E-state index in [1.54, 1.807) is 0 Å². The van der Waals surface area contributed by atoms with Gasteiger partial charge in [0.2, 0.25) is 0 Å². The van der Waals surface area contributed by atoms with Crippen molar-refractivity contribution >= 4 is 106 Å². The highest BCUT2D eigenvalue weighted by Crippen LogP contribution is 2.54. The molecule has 2 aliphatic heterocycles. The molecule has 0 atom stereocenters. The molecule has 0 unspecified atom stereocenters. The van der Waals surface area contributed by atoms with Crippen molar-refractivity contribution in [3.8, 4) is 0 Å². The molecule has 4 aliphatic rings. The molecule has 358 valence electrons. The lowest BCUT2D eigenvalue weighted by Gasteiger charge is -2.48. The minimum Gasteiger partial charge on any atom is -0.311 e. The van der Waals surface area contributed by atoms with Gasteiger partial charge in [0.05, 0.1) is 5.69 Å². The summed E-state index contributed by atoms with van der Waals surface area (Å²) in [6, 6.07) is 59.0. The predicted octanol–water partition coefficient (Wildman–Crippen LogP) is 17.2. The molecule has 3 heterocycles. The van der Waals surface area contributed by atoms with Crippen LogP contribution in [0.15, 0.2) is 152 Å². The molecule has 0 radical (unpaired) electrons. The van der Waals surface area contributed by atoms with Crippen LogP contribution in [0.4, 0.5) is 51.2 Å². The summed E-state index contributed by atoms with van der Waals surface area (Å²) in [5, 5.41) is 2.61. The van der Waals surface area contributed by atoms with E-state index < -0.39 is 0 Å². The van der Waals surface area contributed by atoms with Gasteiger partial charge >= 0.3 is 0 Å². The minimum absolute atomic E-state index is 0.00399. The number of hydrogen-bond donors (Lipinski definition) is 0. The van der Waals surface area contributed by atoms with Crippen LogP contribution >= 0.6 is 11.3 Å². The topological polar surface area (TPSA) is 9.72 Å². The van der Waals surface area contributed by atoms with Gasteiger partial charge < -0.3 is 14.7 Å². The summed E-state index contributed by atoms with van der Waals surface area (Å²) in [5.74, 6) is 0. The predicted molar refractivity (Wildman–Crippen MR) is 313 cm³/mol. The normalized spacial score (nSPS) is 17.5. The van der Waals surface area contributed by atoms with Gasteiger partial charge in [-0.15, -0.1) is 11.3 Å². The Hall–Kier alpha value is -6.56. The standard InChI is InChI=1S/C67H66BN3S/c1-41-34-58-62-59(35-41)71(63-42(2)18-17-19-43(63)3)56-38-47(69(44-20-13-12-14-21-44)45-26-29-61-49(36-45)48-22-15-16-23-60(48)72-61)25-28-54(56)68(62)55-39-52-53(67(10,11)33-32-66(52,8)9)40-57(55)70(58)46-24-27-50-51(37-46)65(6,7)31-30-64(50,4)5/h12-29,34-40H,30-33H2,1-11H3. The molecule has 72 heavy (non-hydrogen) atoms. The van der Waals surface area contributed by atoms with E-state index in [0.717, 1.165) is 17.1 Å². The van der Waals surface area contributed by atoms with Crippen LogP contribution in [0.3, 0.4) is 0 Å². The summed E-state index contributed by atoms with van der Waals surface area (Å²) in [6.45, 7) is 26.7. The highest BCUT2D eigenvalue weighted by molar-refractivity contribution is 7.25. The van der Waals surface area contributed by atoms with Crippen LogP contribution in [-0.4, -0.2) is 6.71 Å². The van der Waals surface area contributed by atoms with E-state index in [9.17, 15) is 0 Å². The lowest BCUT2D eigenvalue weighted by Crippen LogP contribution is -2.62. The maximum absolute atomic E-state index is 2.69. The first-order chi connectivity index (χ1) is 34.4. The van der Waals surface area contributed by atoms with Crippen molar-refractivity contribution in [2.75, 3.05) is 14.7 Å². The van der Waals surface area contributed by atoms with Crippen LogP contribution in [0.5, 0.6) is 0 Å². The average Bonchev–Trinajstić information content (AvgIpc) is 3.73. The molecular weight excluding hydrogens is 890 g/mol. The molecule has 0 fully saturated rings. The smallest absolute Gasteiger partial charge is 0.252 e. The van der Waals surface area contributed by atoms with E-state index >= 15 is 0 Å². The van der Waals surface area contributed by atoms with Crippen LogP contribution in [0.25, 0.3) is 20.2 Å². The Morgan fingerprint density at radius 3 is 1.71 bits per heavy atom. The second kappa shape index (κ2) is 15.7. The first kappa shape index (κ1) is 45.3. The van der Waals surface area contributed by atoms with E-state index in [4.69, 9.17) is 0 Å². The fraction of sp³-hybridized carbons (Fsp3) is 0.284. The van der Waals surface area contributed by atoms with Crippen molar-refractivity contribution in [2.24, 2.45) is 0 Å². The van der Waals surface area contributed by atoms with Crippen molar-refractivity contribution in [1.29, 1.82) is 0 Å². The van der Waals surface area contributed by atoms with Gasteiger partial charge in [0.1, 0.15) is 0 Å². The Morgan fingerprint density at radius 1 is 0.431 bits per heavy atom. The van der Waals surface area contributed by atoms with Crippen LogP contribution in [0.2, 0.25) is 0 Å². The summed E-state index contributed by atoms with van der Waals surface area (Å²) in [4.78, 5) is 7.82. The summed E-state index contributed by atoms with van der Waals surface area (Å²) in [5.41, 5.74) is 25.2. The maximum atomic E-state index is 2.69. The summed E-state index contributed by atoms with van der Waals surface area (Å²) < 4.78 is 2.63. The molecule has 0 spiro atoms. The number of hydrogen-bond acceptors (Lipinski definition) is 4. The number of rotatable bonds is 5. The molecular formula is C67H66BN3S. The van der Waals surface area contributed by atoms with Gasteiger partial charge in [0.25, 0.3) is 6.71 Å². The molecule has 1 aromatic heterocycles. The fourth-order valence-corrected chi connectivity index (χ4v) is 14.7. The molecule has 0 N–H and O–H groups in total. The zero-order chi connectivity index (χ0) is 49.8. The maximum Gasteiger partial charge on any atom is 0.252 e. The van der Waals surface area contributed by atoms with Gasteiger partial charge in [0, 0.05) is 65.7 Å². The quantitative estimate of drug-likeness (QED) is 0.159. The van der Waals surface area contributed by atoms with E-state index in [-0.39, 0.29) is 28.4 Å². The zero-order valence-electron chi connectivity index (χ0n) is 44.1. The van der Waals surface area contributed by atoms with Crippen LogP contribution in [0.1, 0.15) is 120 Å². The molecule has 0 saturated carbocycles. The summed E-state index contributed by atoms with van der Waals surface area (Å²) >= 11 is 1.87.